The molecule has 0 heterocycles. The molecule has 0 aliphatic heterocycles. The maximum atomic E-state index is 13.0. The molecule has 0 spiro atoms. The first-order chi connectivity index (χ1) is 12.8. The highest BCUT2D eigenvalue weighted by molar-refractivity contribution is 7.91. The van der Waals surface area contributed by atoms with Crippen LogP contribution in [0.2, 0.25) is 0 Å². The summed E-state index contributed by atoms with van der Waals surface area (Å²) in [5.74, 6) is -0.206. The van der Waals surface area contributed by atoms with Crippen LogP contribution in [0.15, 0.2) is 93.5 Å². The van der Waals surface area contributed by atoms with Crippen molar-refractivity contribution in [3.8, 4) is 5.75 Å². The number of hydrogen-bond acceptors (Lipinski definition) is 5. The van der Waals surface area contributed by atoms with Gasteiger partial charge in [0, 0.05) is 0 Å². The third kappa shape index (κ3) is 4.04. The van der Waals surface area contributed by atoms with Gasteiger partial charge in [0.15, 0.2) is 5.75 Å². The van der Waals surface area contributed by atoms with Crippen molar-refractivity contribution in [1.29, 1.82) is 0 Å². The molecule has 0 fully saturated rings. The SMILES string of the molecule is CCc1ccc(S(=O)(=O)c2ccccc2)c(OS(=O)(=O)c2ccccc2)c1. The number of hydrogen-bond donors (Lipinski definition) is 0. The van der Waals surface area contributed by atoms with Crippen LogP contribution in [0.25, 0.3) is 0 Å². The van der Waals surface area contributed by atoms with E-state index in [1.807, 2.05) is 6.92 Å². The van der Waals surface area contributed by atoms with Gasteiger partial charge in [-0.1, -0.05) is 49.4 Å². The summed E-state index contributed by atoms with van der Waals surface area (Å²) >= 11 is 0. The highest BCUT2D eigenvalue weighted by atomic mass is 32.2. The van der Waals surface area contributed by atoms with Crippen LogP contribution < -0.4 is 4.18 Å². The molecule has 0 amide bonds. The molecule has 3 aromatic carbocycles. The zero-order valence-corrected chi connectivity index (χ0v) is 16.2. The summed E-state index contributed by atoms with van der Waals surface area (Å²) in [4.78, 5) is -0.170. The number of sulfone groups is 1. The van der Waals surface area contributed by atoms with E-state index in [-0.39, 0.29) is 20.4 Å². The molecular formula is C20H18O5S2. The van der Waals surface area contributed by atoms with Crippen LogP contribution in [0.5, 0.6) is 5.75 Å². The Balaban J connectivity index is 2.13. The molecule has 0 N–H and O–H groups in total. The highest BCUT2D eigenvalue weighted by Crippen LogP contribution is 2.32. The molecule has 0 aliphatic rings. The molecule has 0 bridgehead atoms. The maximum absolute atomic E-state index is 13.0. The lowest BCUT2D eigenvalue weighted by Crippen LogP contribution is -2.13. The molecule has 5 nitrogen and oxygen atoms in total. The molecule has 27 heavy (non-hydrogen) atoms. The van der Waals surface area contributed by atoms with E-state index in [9.17, 15) is 16.8 Å². The van der Waals surface area contributed by atoms with Gasteiger partial charge < -0.3 is 4.18 Å². The Kier molecular flexibility index (Phi) is 5.34. The normalized spacial score (nSPS) is 11.9. The molecule has 140 valence electrons. The topological polar surface area (TPSA) is 77.5 Å². The lowest BCUT2D eigenvalue weighted by molar-refractivity contribution is 0.478. The summed E-state index contributed by atoms with van der Waals surface area (Å²) in [6, 6.07) is 19.9. The quantitative estimate of drug-likeness (QED) is 0.585. The maximum Gasteiger partial charge on any atom is 0.339 e. The van der Waals surface area contributed by atoms with Crippen LogP contribution in [0.4, 0.5) is 0 Å². The van der Waals surface area contributed by atoms with Crippen molar-refractivity contribution in [2.45, 2.75) is 28.0 Å². The zero-order chi connectivity index (χ0) is 19.5. The lowest BCUT2D eigenvalue weighted by Gasteiger charge is -2.13. The summed E-state index contributed by atoms with van der Waals surface area (Å²) in [6.07, 6.45) is 0.605. The van der Waals surface area contributed by atoms with Crippen LogP contribution in [0.3, 0.4) is 0 Å². The largest absolute Gasteiger partial charge is 0.378 e. The minimum atomic E-state index is -4.17. The Morgan fingerprint density at radius 1 is 0.741 bits per heavy atom. The van der Waals surface area contributed by atoms with Gasteiger partial charge in [0.2, 0.25) is 9.84 Å². The lowest BCUT2D eigenvalue weighted by atomic mass is 10.2. The van der Waals surface area contributed by atoms with Crippen LogP contribution in [-0.4, -0.2) is 16.8 Å². The van der Waals surface area contributed by atoms with Crippen molar-refractivity contribution in [2.75, 3.05) is 0 Å². The third-order valence-electron chi connectivity index (χ3n) is 3.99. The Bertz CT molecular complexity index is 1140. The second-order valence-electron chi connectivity index (χ2n) is 5.80. The van der Waals surface area contributed by atoms with Crippen molar-refractivity contribution in [1.82, 2.24) is 0 Å². The average Bonchev–Trinajstić information content (AvgIpc) is 2.69. The predicted molar refractivity (Wildman–Crippen MR) is 102 cm³/mol. The van der Waals surface area contributed by atoms with Crippen LogP contribution in [0, 0.1) is 0 Å². The second kappa shape index (κ2) is 7.54. The van der Waals surface area contributed by atoms with Crippen LogP contribution in [-0.2, 0) is 26.4 Å². The molecule has 0 aromatic heterocycles. The minimum Gasteiger partial charge on any atom is -0.378 e. The Morgan fingerprint density at radius 2 is 1.30 bits per heavy atom. The molecule has 0 radical (unpaired) electrons. The van der Waals surface area contributed by atoms with E-state index in [1.54, 1.807) is 42.5 Å². The van der Waals surface area contributed by atoms with E-state index in [2.05, 4.69) is 0 Å². The molecule has 7 heteroatoms. The van der Waals surface area contributed by atoms with Gasteiger partial charge in [-0.2, -0.15) is 8.42 Å². The molecule has 0 saturated carbocycles. The summed E-state index contributed by atoms with van der Waals surface area (Å²) < 4.78 is 56.5. The monoisotopic (exact) mass is 402 g/mol. The molecule has 0 saturated heterocycles. The number of aryl methyl sites for hydroxylation is 1. The van der Waals surface area contributed by atoms with E-state index in [1.165, 1.54) is 36.4 Å². The van der Waals surface area contributed by atoms with Gasteiger partial charge in [-0.25, -0.2) is 8.42 Å². The van der Waals surface area contributed by atoms with Crippen molar-refractivity contribution in [3.05, 3.63) is 84.4 Å². The van der Waals surface area contributed by atoms with Crippen LogP contribution in [0.1, 0.15) is 12.5 Å². The smallest absolute Gasteiger partial charge is 0.339 e. The molecule has 3 rings (SSSR count). The second-order valence-corrected chi connectivity index (χ2v) is 9.27. The van der Waals surface area contributed by atoms with Crippen molar-refractivity contribution >= 4 is 20.0 Å². The fourth-order valence-electron chi connectivity index (χ4n) is 2.54. The van der Waals surface area contributed by atoms with E-state index in [4.69, 9.17) is 4.18 Å². The van der Waals surface area contributed by atoms with E-state index in [0.29, 0.717) is 6.42 Å². The number of rotatable bonds is 6. The predicted octanol–water partition coefficient (Wildman–Crippen LogP) is 3.85. The highest BCUT2D eigenvalue weighted by Gasteiger charge is 2.26. The molecule has 0 unspecified atom stereocenters. The Morgan fingerprint density at radius 3 is 1.85 bits per heavy atom. The van der Waals surface area contributed by atoms with Crippen molar-refractivity contribution in [3.63, 3.8) is 0 Å². The first kappa shape index (κ1) is 19.1. The van der Waals surface area contributed by atoms with Gasteiger partial charge >= 0.3 is 10.1 Å². The minimum absolute atomic E-state index is 0.0463. The molecule has 3 aromatic rings. The van der Waals surface area contributed by atoms with Gasteiger partial charge in [0.25, 0.3) is 0 Å². The molecule has 0 atom stereocenters. The van der Waals surface area contributed by atoms with Gasteiger partial charge in [-0.15, -0.1) is 0 Å². The standard InChI is InChI=1S/C20H18O5S2/c1-2-16-13-14-20(26(21,22)17-9-5-3-6-10-17)19(15-16)25-27(23,24)18-11-7-4-8-12-18/h3-15H,2H2,1H3. The van der Waals surface area contributed by atoms with E-state index < -0.39 is 20.0 Å². The zero-order valence-electron chi connectivity index (χ0n) is 14.6. The average molecular weight is 402 g/mol. The van der Waals surface area contributed by atoms with Gasteiger partial charge in [0.1, 0.15) is 9.79 Å². The third-order valence-corrected chi connectivity index (χ3v) is 7.05. The molecular weight excluding hydrogens is 384 g/mol. The Labute approximate surface area is 159 Å². The van der Waals surface area contributed by atoms with Crippen molar-refractivity contribution < 1.29 is 21.0 Å². The number of benzene rings is 3. The summed E-state index contributed by atoms with van der Waals surface area (Å²) in [5, 5.41) is 0. The Hall–Kier alpha value is -2.64. The van der Waals surface area contributed by atoms with Gasteiger partial charge in [-0.3, -0.25) is 0 Å². The van der Waals surface area contributed by atoms with Gasteiger partial charge in [0.05, 0.1) is 4.90 Å². The van der Waals surface area contributed by atoms with Crippen molar-refractivity contribution in [2.24, 2.45) is 0 Å². The fourth-order valence-corrected chi connectivity index (χ4v) is 4.94. The van der Waals surface area contributed by atoms with Gasteiger partial charge in [-0.05, 0) is 48.4 Å². The fraction of sp³-hybridized carbons (Fsp3) is 0.100. The van der Waals surface area contributed by atoms with E-state index >= 15 is 0 Å². The summed E-state index contributed by atoms with van der Waals surface area (Å²) in [5.41, 5.74) is 0.764. The first-order valence-electron chi connectivity index (χ1n) is 8.27. The molecule has 0 aliphatic carbocycles. The summed E-state index contributed by atoms with van der Waals surface area (Å²) in [7, 11) is -8.11. The summed E-state index contributed by atoms with van der Waals surface area (Å²) in [6.45, 7) is 1.89. The van der Waals surface area contributed by atoms with E-state index in [0.717, 1.165) is 5.56 Å². The van der Waals surface area contributed by atoms with Crippen LogP contribution >= 0.6 is 0 Å². The first-order valence-corrected chi connectivity index (χ1v) is 11.2.